The molecule has 2 aliphatic heterocycles. The van der Waals surface area contributed by atoms with Gasteiger partial charge in [0.05, 0.1) is 30.6 Å². The van der Waals surface area contributed by atoms with E-state index in [-0.39, 0.29) is 18.1 Å². The highest BCUT2D eigenvalue weighted by Crippen LogP contribution is 2.17. The molecule has 0 aliphatic carbocycles. The number of carbonyl (C=O) groups is 1. The monoisotopic (exact) mass is 334 g/mol. The number of nitrogens with zero attached hydrogens (tertiary/aromatic N) is 3. The van der Waals surface area contributed by atoms with E-state index in [1.807, 2.05) is 23.1 Å². The molecule has 2 saturated heterocycles. The fourth-order valence-electron chi connectivity index (χ4n) is 3.26. The molecule has 3 rings (SSSR count). The lowest BCUT2D eigenvalue weighted by molar-refractivity contribution is -0.130. The van der Waals surface area contributed by atoms with Crippen molar-refractivity contribution in [3.05, 3.63) is 30.1 Å². The molecule has 1 amide bonds. The van der Waals surface area contributed by atoms with Gasteiger partial charge >= 0.3 is 0 Å². The van der Waals surface area contributed by atoms with Crippen LogP contribution in [0, 0.1) is 0 Å². The zero-order valence-electron chi connectivity index (χ0n) is 14.1. The largest absolute Gasteiger partial charge is 0.389 e. The molecule has 1 aromatic heterocycles. The summed E-state index contributed by atoms with van der Waals surface area (Å²) in [6.07, 6.45) is 1.05. The first-order chi connectivity index (χ1) is 11.6. The smallest absolute Gasteiger partial charge is 0.219 e. The van der Waals surface area contributed by atoms with Crippen molar-refractivity contribution in [3.8, 4) is 0 Å². The molecule has 7 nitrogen and oxygen atoms in total. The Morgan fingerprint density at radius 1 is 1.38 bits per heavy atom. The van der Waals surface area contributed by atoms with E-state index in [0.29, 0.717) is 19.7 Å². The number of carbonyl (C=O) groups excluding carboxylic acids is 1. The van der Waals surface area contributed by atoms with Crippen molar-refractivity contribution in [2.24, 2.45) is 0 Å². The third kappa shape index (κ3) is 4.30. The summed E-state index contributed by atoms with van der Waals surface area (Å²) >= 11 is 0. The van der Waals surface area contributed by atoms with Gasteiger partial charge < -0.3 is 20.1 Å². The Hall–Kier alpha value is -1.54. The standard InChI is InChI=1S/C17H26N4O3/c1-13(22)21-8-6-20(7-9-21)11-16-17(23)15(12-24-16)19-10-14-4-2-3-5-18-14/h2-5,15-17,19,23H,6-12H2,1H3. The van der Waals surface area contributed by atoms with Crippen LogP contribution in [0.1, 0.15) is 12.6 Å². The van der Waals surface area contributed by atoms with Gasteiger partial charge in [-0.3, -0.25) is 14.7 Å². The highest BCUT2D eigenvalue weighted by molar-refractivity contribution is 5.73. The number of piperazine rings is 1. The van der Waals surface area contributed by atoms with E-state index in [9.17, 15) is 9.90 Å². The summed E-state index contributed by atoms with van der Waals surface area (Å²) in [7, 11) is 0. The fourth-order valence-corrected chi connectivity index (χ4v) is 3.26. The highest BCUT2D eigenvalue weighted by atomic mass is 16.5. The first-order valence-corrected chi connectivity index (χ1v) is 8.54. The van der Waals surface area contributed by atoms with Gasteiger partial charge in [0.15, 0.2) is 0 Å². The van der Waals surface area contributed by atoms with Crippen LogP contribution in [0.3, 0.4) is 0 Å². The zero-order valence-corrected chi connectivity index (χ0v) is 14.1. The number of hydrogen-bond donors (Lipinski definition) is 2. The van der Waals surface area contributed by atoms with Gasteiger partial charge in [-0.15, -0.1) is 0 Å². The van der Waals surface area contributed by atoms with Crippen molar-refractivity contribution >= 4 is 5.91 Å². The van der Waals surface area contributed by atoms with E-state index in [1.165, 1.54) is 0 Å². The van der Waals surface area contributed by atoms with Crippen molar-refractivity contribution in [3.63, 3.8) is 0 Å². The van der Waals surface area contributed by atoms with Gasteiger partial charge in [-0.2, -0.15) is 0 Å². The van der Waals surface area contributed by atoms with Gasteiger partial charge in [0.25, 0.3) is 0 Å². The molecule has 2 N–H and O–H groups in total. The Balaban J connectivity index is 1.43. The fraction of sp³-hybridized carbons (Fsp3) is 0.647. The quantitative estimate of drug-likeness (QED) is 0.753. The van der Waals surface area contributed by atoms with Gasteiger partial charge in [-0.05, 0) is 12.1 Å². The third-order valence-corrected chi connectivity index (χ3v) is 4.81. The summed E-state index contributed by atoms with van der Waals surface area (Å²) in [5.74, 6) is 0.130. The SMILES string of the molecule is CC(=O)N1CCN(CC2OCC(NCc3ccccn3)C2O)CC1. The molecule has 3 unspecified atom stereocenters. The predicted molar refractivity (Wildman–Crippen MR) is 89.3 cm³/mol. The number of aliphatic hydroxyl groups is 1. The average Bonchev–Trinajstić information content (AvgIpc) is 2.94. The lowest BCUT2D eigenvalue weighted by Crippen LogP contribution is -2.51. The number of rotatable bonds is 5. The molecule has 0 radical (unpaired) electrons. The molecule has 2 fully saturated rings. The molecule has 0 spiro atoms. The number of aromatic nitrogens is 1. The molecular weight excluding hydrogens is 308 g/mol. The maximum atomic E-state index is 11.4. The van der Waals surface area contributed by atoms with Crippen LogP contribution in [-0.4, -0.2) is 83.4 Å². The van der Waals surface area contributed by atoms with Crippen LogP contribution in [0.25, 0.3) is 0 Å². The van der Waals surface area contributed by atoms with Crippen LogP contribution < -0.4 is 5.32 Å². The summed E-state index contributed by atoms with van der Waals surface area (Å²) < 4.78 is 5.79. The Kier molecular flexibility index (Phi) is 5.78. The Morgan fingerprint density at radius 3 is 2.83 bits per heavy atom. The maximum Gasteiger partial charge on any atom is 0.219 e. The molecular formula is C17H26N4O3. The summed E-state index contributed by atoms with van der Waals surface area (Å²) in [5.41, 5.74) is 0.952. The number of aliphatic hydroxyl groups excluding tert-OH is 1. The molecule has 0 aromatic carbocycles. The number of ether oxygens (including phenoxy) is 1. The first kappa shape index (κ1) is 17.3. The number of amides is 1. The topological polar surface area (TPSA) is 77.9 Å². The summed E-state index contributed by atoms with van der Waals surface area (Å²) in [6, 6.07) is 5.73. The number of nitrogens with one attached hydrogen (secondary N) is 1. The minimum atomic E-state index is -0.528. The Bertz CT molecular complexity index is 534. The minimum absolute atomic E-state index is 0.0736. The first-order valence-electron chi connectivity index (χ1n) is 8.54. The van der Waals surface area contributed by atoms with Gasteiger partial charge in [-0.25, -0.2) is 0 Å². The second kappa shape index (κ2) is 8.02. The molecule has 3 heterocycles. The van der Waals surface area contributed by atoms with Gasteiger partial charge in [0, 0.05) is 52.4 Å². The second-order valence-corrected chi connectivity index (χ2v) is 6.48. The summed E-state index contributed by atoms with van der Waals surface area (Å²) in [6.45, 7) is 6.60. The number of pyridine rings is 1. The molecule has 24 heavy (non-hydrogen) atoms. The minimum Gasteiger partial charge on any atom is -0.389 e. The highest BCUT2D eigenvalue weighted by Gasteiger charge is 2.37. The average molecular weight is 334 g/mol. The van der Waals surface area contributed by atoms with Crippen molar-refractivity contribution < 1.29 is 14.6 Å². The Labute approximate surface area is 142 Å². The van der Waals surface area contributed by atoms with Crippen molar-refractivity contribution in [2.75, 3.05) is 39.3 Å². The maximum absolute atomic E-state index is 11.4. The van der Waals surface area contributed by atoms with E-state index < -0.39 is 6.10 Å². The second-order valence-electron chi connectivity index (χ2n) is 6.48. The van der Waals surface area contributed by atoms with E-state index in [0.717, 1.165) is 31.9 Å². The van der Waals surface area contributed by atoms with Gasteiger partial charge in [-0.1, -0.05) is 6.07 Å². The lowest BCUT2D eigenvalue weighted by atomic mass is 10.1. The molecule has 2 aliphatic rings. The van der Waals surface area contributed by atoms with E-state index in [1.54, 1.807) is 13.1 Å². The third-order valence-electron chi connectivity index (χ3n) is 4.81. The van der Waals surface area contributed by atoms with Gasteiger partial charge in [0.2, 0.25) is 5.91 Å². The molecule has 0 saturated carbocycles. The van der Waals surface area contributed by atoms with Crippen LogP contribution in [0.4, 0.5) is 0 Å². The number of hydrogen-bond acceptors (Lipinski definition) is 6. The van der Waals surface area contributed by atoms with Crippen molar-refractivity contribution in [1.29, 1.82) is 0 Å². The molecule has 3 atom stereocenters. The molecule has 1 aromatic rings. The van der Waals surface area contributed by atoms with Gasteiger partial charge in [0.1, 0.15) is 0 Å². The predicted octanol–water partition coefficient (Wildman–Crippen LogP) is -0.536. The summed E-state index contributed by atoms with van der Waals surface area (Å²) in [4.78, 5) is 19.8. The zero-order chi connectivity index (χ0) is 16.9. The summed E-state index contributed by atoms with van der Waals surface area (Å²) in [5, 5.41) is 13.8. The van der Waals surface area contributed by atoms with E-state index >= 15 is 0 Å². The molecule has 132 valence electrons. The molecule has 0 bridgehead atoms. The van der Waals surface area contributed by atoms with Crippen LogP contribution in [0.5, 0.6) is 0 Å². The normalized spacial score (nSPS) is 28.2. The van der Waals surface area contributed by atoms with E-state index in [4.69, 9.17) is 4.74 Å². The molecule has 7 heteroatoms. The van der Waals surface area contributed by atoms with Crippen molar-refractivity contribution in [1.82, 2.24) is 20.1 Å². The van der Waals surface area contributed by atoms with Crippen molar-refractivity contribution in [2.45, 2.75) is 31.7 Å². The van der Waals surface area contributed by atoms with Crippen LogP contribution in [0.15, 0.2) is 24.4 Å². The lowest BCUT2D eigenvalue weighted by Gasteiger charge is -2.35. The van der Waals surface area contributed by atoms with Crippen LogP contribution in [0.2, 0.25) is 0 Å². The Morgan fingerprint density at radius 2 is 2.17 bits per heavy atom. The van der Waals surface area contributed by atoms with E-state index in [2.05, 4.69) is 15.2 Å². The van der Waals surface area contributed by atoms with Crippen LogP contribution in [-0.2, 0) is 16.1 Å². The van der Waals surface area contributed by atoms with Crippen LogP contribution >= 0.6 is 0 Å².